The molecular formula is C44H44GeIrN2S-2. The smallest absolute Gasteiger partial charge is 0.0318 e. The zero-order chi connectivity index (χ0) is 34.1. The Labute approximate surface area is 312 Å². The summed E-state index contributed by atoms with van der Waals surface area (Å²) in [7, 11) is 0. The first-order chi connectivity index (χ1) is 22.9. The van der Waals surface area contributed by atoms with Crippen molar-refractivity contribution in [3.63, 3.8) is 0 Å². The monoisotopic (exact) mass is 899 g/mol. The predicted molar refractivity (Wildman–Crippen MR) is 211 cm³/mol. The molecule has 0 unspecified atom stereocenters. The Bertz CT molecular complexity index is 2190. The summed E-state index contributed by atoms with van der Waals surface area (Å²) in [5, 5.41) is 2.59. The summed E-state index contributed by atoms with van der Waals surface area (Å²) in [6.45, 7) is 11.2. The summed E-state index contributed by atoms with van der Waals surface area (Å²) in [5.74, 6) is 7.20. The van der Waals surface area contributed by atoms with E-state index in [0.29, 0.717) is 0 Å². The van der Waals surface area contributed by atoms with Gasteiger partial charge in [0.15, 0.2) is 0 Å². The molecule has 7 rings (SSSR count). The van der Waals surface area contributed by atoms with Gasteiger partial charge in [0.1, 0.15) is 0 Å². The molecule has 0 spiro atoms. The van der Waals surface area contributed by atoms with Gasteiger partial charge >= 0.3 is 106 Å². The van der Waals surface area contributed by atoms with Crippen molar-refractivity contribution in [2.75, 3.05) is 0 Å². The Balaban J connectivity index is 0.000000221. The molecule has 0 atom stereocenters. The molecule has 0 N–H and O–H groups in total. The number of aryl methyl sites for hydroxylation is 2. The third kappa shape index (κ3) is 8.49. The van der Waals surface area contributed by atoms with Crippen LogP contribution in [-0.2, 0) is 26.5 Å². The van der Waals surface area contributed by atoms with Crippen LogP contribution in [0.15, 0.2) is 109 Å². The van der Waals surface area contributed by atoms with Crippen molar-refractivity contribution in [3.05, 3.63) is 138 Å². The molecule has 0 saturated heterocycles. The second-order valence-electron chi connectivity index (χ2n) is 14.9. The molecular weight excluding hydrogens is 853 g/mol. The van der Waals surface area contributed by atoms with Gasteiger partial charge < -0.3 is 4.98 Å². The van der Waals surface area contributed by atoms with Crippen molar-refractivity contribution in [2.45, 2.75) is 58.3 Å². The molecule has 2 nitrogen and oxygen atoms in total. The average Bonchev–Trinajstić information content (AvgIpc) is 3.45. The van der Waals surface area contributed by atoms with E-state index < -0.39 is 13.3 Å². The first-order valence-corrected chi connectivity index (χ1v) is 24.9. The Morgan fingerprint density at radius 1 is 0.694 bits per heavy atom. The van der Waals surface area contributed by atoms with Gasteiger partial charge in [-0.2, -0.15) is 11.3 Å². The number of pyridine rings is 2. The standard InChI is InChI=1S/C29H26NS.C15H18GeN.Ir/c1-19-18-30-26(16-21(19)17-29(2,3)4)25-15-9-14-24-23-13-8-12-22(27(23)31-28(24)25)20-10-6-5-7-11-20;1-12-10-15(13-8-6-5-7-9-13)17-11-14(12)16(2,3)4;/h5-14,16,18H,17H2,1-4H3;5-8,10-11H,1-4H3;/q2*-1;. The van der Waals surface area contributed by atoms with Gasteiger partial charge in [0.25, 0.3) is 0 Å². The number of nitrogens with zero attached hydrogens (tertiary/aromatic N) is 2. The van der Waals surface area contributed by atoms with Crippen molar-refractivity contribution in [1.29, 1.82) is 0 Å². The minimum absolute atomic E-state index is 0. The molecule has 3 aromatic heterocycles. The molecule has 251 valence electrons. The minimum Gasteiger partial charge on any atom is -0.304 e. The van der Waals surface area contributed by atoms with Crippen LogP contribution in [0.3, 0.4) is 0 Å². The number of thiophene rings is 1. The molecule has 0 amide bonds. The number of benzene rings is 4. The molecule has 0 aliphatic heterocycles. The van der Waals surface area contributed by atoms with Crippen molar-refractivity contribution >= 4 is 49.2 Å². The third-order valence-corrected chi connectivity index (χ3v) is 14.4. The quantitative estimate of drug-likeness (QED) is 0.127. The van der Waals surface area contributed by atoms with Gasteiger partial charge in [0, 0.05) is 31.0 Å². The molecule has 5 heteroatoms. The van der Waals surface area contributed by atoms with E-state index in [1.807, 2.05) is 41.8 Å². The maximum absolute atomic E-state index is 4.82. The molecule has 4 aromatic carbocycles. The van der Waals surface area contributed by atoms with Crippen LogP contribution >= 0.6 is 11.3 Å². The fourth-order valence-corrected chi connectivity index (χ4v) is 11.2. The summed E-state index contributed by atoms with van der Waals surface area (Å²) >= 11 is 0.0839. The molecule has 3 heterocycles. The predicted octanol–water partition coefficient (Wildman–Crippen LogP) is 11.9. The van der Waals surface area contributed by atoms with Crippen molar-refractivity contribution in [2.24, 2.45) is 5.41 Å². The van der Waals surface area contributed by atoms with E-state index in [4.69, 9.17) is 4.98 Å². The molecule has 7 aromatic rings. The van der Waals surface area contributed by atoms with Crippen LogP contribution in [0, 0.1) is 31.4 Å². The van der Waals surface area contributed by atoms with Crippen LogP contribution in [0.2, 0.25) is 17.3 Å². The Morgan fingerprint density at radius 2 is 1.41 bits per heavy atom. The molecule has 1 radical (unpaired) electrons. The van der Waals surface area contributed by atoms with Crippen LogP contribution in [0.1, 0.15) is 37.5 Å². The SMILES string of the molecule is Cc1cc(-c2[c-]cccc2)nc[c]1[Ge]([CH3])([CH3])[CH3].Cc1cnc(-c2[c-]ccc3c2sc2c(-c4ccccc4)cccc23)cc1CC(C)(C)C.[Ir]. The van der Waals surface area contributed by atoms with Crippen molar-refractivity contribution in [3.8, 4) is 33.6 Å². The number of hydrogen-bond donors (Lipinski definition) is 0. The number of fused-ring (bicyclic) bond motifs is 3. The fraction of sp³-hybridized carbons (Fsp3) is 0.227. The first-order valence-electron chi connectivity index (χ1n) is 16.7. The van der Waals surface area contributed by atoms with E-state index in [2.05, 4.69) is 148 Å². The Kier molecular flexibility index (Phi) is 11.5. The van der Waals surface area contributed by atoms with Gasteiger partial charge in [-0.3, -0.25) is 0 Å². The van der Waals surface area contributed by atoms with Crippen LogP contribution in [-0.4, -0.2) is 23.2 Å². The van der Waals surface area contributed by atoms with Crippen molar-refractivity contribution < 1.29 is 20.1 Å². The van der Waals surface area contributed by atoms with E-state index in [-0.39, 0.29) is 25.5 Å². The van der Waals surface area contributed by atoms with E-state index >= 15 is 0 Å². The molecule has 0 aliphatic rings. The van der Waals surface area contributed by atoms with Crippen molar-refractivity contribution in [1.82, 2.24) is 9.97 Å². The van der Waals surface area contributed by atoms with E-state index in [1.165, 1.54) is 52.4 Å². The largest absolute Gasteiger partial charge is 0.304 e. The first kappa shape index (κ1) is 36.9. The van der Waals surface area contributed by atoms with Crippen LogP contribution in [0.4, 0.5) is 0 Å². The van der Waals surface area contributed by atoms with Gasteiger partial charge in [-0.15, -0.1) is 23.8 Å². The van der Waals surface area contributed by atoms with Gasteiger partial charge in [0.05, 0.1) is 0 Å². The molecule has 0 aliphatic carbocycles. The summed E-state index contributed by atoms with van der Waals surface area (Å²) in [6.07, 6.45) is 5.13. The van der Waals surface area contributed by atoms with Gasteiger partial charge in [-0.1, -0.05) is 86.3 Å². The maximum atomic E-state index is 4.82. The average molecular weight is 898 g/mol. The van der Waals surface area contributed by atoms with Crippen LogP contribution < -0.4 is 4.40 Å². The fourth-order valence-electron chi connectivity index (χ4n) is 6.30. The molecule has 0 bridgehead atoms. The minimum atomic E-state index is -1.77. The number of aromatic nitrogens is 2. The number of rotatable bonds is 5. The molecule has 0 fully saturated rings. The van der Waals surface area contributed by atoms with E-state index in [0.717, 1.165) is 28.9 Å². The topological polar surface area (TPSA) is 25.8 Å². The summed E-state index contributed by atoms with van der Waals surface area (Å²) in [5.41, 5.74) is 11.0. The summed E-state index contributed by atoms with van der Waals surface area (Å²) < 4.78 is 4.08. The number of hydrogen-bond acceptors (Lipinski definition) is 3. The maximum Gasteiger partial charge on any atom is 0.0318 e. The third-order valence-electron chi connectivity index (χ3n) is 8.64. The zero-order valence-electron chi connectivity index (χ0n) is 29.7. The summed E-state index contributed by atoms with van der Waals surface area (Å²) in [4.78, 5) is 9.41. The Morgan fingerprint density at radius 3 is 2.08 bits per heavy atom. The zero-order valence-corrected chi connectivity index (χ0v) is 35.0. The molecule has 49 heavy (non-hydrogen) atoms. The van der Waals surface area contributed by atoms with E-state index in [9.17, 15) is 0 Å². The Hall–Kier alpha value is -3.41. The van der Waals surface area contributed by atoms with Gasteiger partial charge in [0.2, 0.25) is 0 Å². The molecule has 0 saturated carbocycles. The van der Waals surface area contributed by atoms with Crippen LogP contribution in [0.25, 0.3) is 53.8 Å². The summed E-state index contributed by atoms with van der Waals surface area (Å²) in [6, 6.07) is 40.7. The second kappa shape index (κ2) is 15.2. The van der Waals surface area contributed by atoms with E-state index in [1.54, 1.807) is 0 Å². The normalized spacial score (nSPS) is 11.6. The van der Waals surface area contributed by atoms with Gasteiger partial charge in [-0.05, 0) is 51.2 Å². The van der Waals surface area contributed by atoms with Gasteiger partial charge in [-0.25, -0.2) is 0 Å². The second-order valence-corrected chi connectivity index (χ2v) is 26.5. The van der Waals surface area contributed by atoms with Crippen LogP contribution in [0.5, 0.6) is 0 Å².